The Morgan fingerprint density at radius 1 is 1.00 bits per heavy atom. The number of ether oxygens (including phenoxy) is 5. The minimum atomic E-state index is -1.18. The number of carbonyl (C=O) groups is 4. The van der Waals surface area contributed by atoms with Gasteiger partial charge in [-0.1, -0.05) is 45.7 Å². The number of hydrogen-bond acceptors (Lipinski definition) is 13. The topological polar surface area (TPSA) is 181 Å². The van der Waals surface area contributed by atoms with Gasteiger partial charge in [0.2, 0.25) is 11.8 Å². The number of nitrogens with one attached hydrogen (secondary N) is 2. The lowest BCUT2D eigenvalue weighted by molar-refractivity contribution is -0.157. The van der Waals surface area contributed by atoms with E-state index in [-0.39, 0.29) is 48.9 Å². The van der Waals surface area contributed by atoms with Crippen molar-refractivity contribution in [1.29, 1.82) is 0 Å². The van der Waals surface area contributed by atoms with E-state index in [9.17, 15) is 19.2 Å². The van der Waals surface area contributed by atoms with E-state index in [1.54, 1.807) is 25.3 Å². The zero-order valence-electron chi connectivity index (χ0n) is 35.2. The third kappa shape index (κ3) is 8.75. The summed E-state index contributed by atoms with van der Waals surface area (Å²) in [6.45, 7) is 8.33. The average molecular weight is 850 g/mol. The van der Waals surface area contributed by atoms with Gasteiger partial charge in [-0.05, 0) is 73.8 Å². The van der Waals surface area contributed by atoms with Gasteiger partial charge in [0.25, 0.3) is 6.01 Å². The van der Waals surface area contributed by atoms with Crippen LogP contribution in [0.3, 0.4) is 0 Å². The highest BCUT2D eigenvalue weighted by Crippen LogP contribution is 2.53. The summed E-state index contributed by atoms with van der Waals surface area (Å²) in [5.74, 6) is -0.633. The first-order chi connectivity index (χ1) is 28.7. The van der Waals surface area contributed by atoms with Gasteiger partial charge in [0.1, 0.15) is 58.9 Å². The fourth-order valence-electron chi connectivity index (χ4n) is 9.08. The molecule has 0 bridgehead atoms. The van der Waals surface area contributed by atoms with Crippen molar-refractivity contribution in [3.05, 3.63) is 29.5 Å². The lowest BCUT2D eigenvalue weighted by Gasteiger charge is -2.35. The van der Waals surface area contributed by atoms with Gasteiger partial charge in [0.15, 0.2) is 0 Å². The van der Waals surface area contributed by atoms with Crippen molar-refractivity contribution in [3.63, 3.8) is 0 Å². The molecule has 324 valence electrons. The van der Waals surface area contributed by atoms with E-state index in [0.717, 1.165) is 25.7 Å². The maximum absolute atomic E-state index is 14.9. The molecule has 4 aliphatic carbocycles. The van der Waals surface area contributed by atoms with Crippen LogP contribution in [0.2, 0.25) is 5.02 Å². The van der Waals surface area contributed by atoms with E-state index in [1.165, 1.54) is 24.7 Å². The smallest absolute Gasteiger partial charge is 0.331 e. The molecule has 1 aromatic carbocycles. The first-order valence-electron chi connectivity index (χ1n) is 21.3. The third-order valence-electron chi connectivity index (χ3n) is 12.9. The Kier molecular flexibility index (Phi) is 11.7. The largest absolute Gasteiger partial charge is 0.490 e. The van der Waals surface area contributed by atoms with Gasteiger partial charge < -0.3 is 43.6 Å². The van der Waals surface area contributed by atoms with E-state index >= 15 is 0 Å². The molecule has 2 N–H and O–H groups in total. The molecular formula is C44H56ClN5O10. The van der Waals surface area contributed by atoms with Crippen LogP contribution in [-0.2, 0) is 33.4 Å². The second-order valence-electron chi connectivity index (χ2n) is 18.3. The quantitative estimate of drug-likeness (QED) is 0.114. The number of oxazole rings is 1. The van der Waals surface area contributed by atoms with Crippen molar-refractivity contribution < 1.29 is 47.3 Å². The zero-order chi connectivity index (χ0) is 42.5. The maximum atomic E-state index is 14.9. The second-order valence-corrected chi connectivity index (χ2v) is 18.7. The highest BCUT2D eigenvalue weighted by atomic mass is 35.5. The lowest BCUT2D eigenvalue weighted by atomic mass is 9.77. The molecule has 16 heteroatoms. The number of esters is 2. The zero-order valence-corrected chi connectivity index (χ0v) is 36.0. The summed E-state index contributed by atoms with van der Waals surface area (Å²) in [7, 11) is 2.88. The normalized spacial score (nSPS) is 27.2. The SMILES string of the molecule is CC[C@@H]1C[C@]1(NC(=O)[C@@H]1C[C@@H](Oc2cc(-c3coc(NC4CC4)n3)nc3c(Cl)c(OCCOC)ccc23)CN1C(=O)[C@@H](CC(=O)O[C@@H]1C[C@@H]2C[C@@H]2C1)C(C)(C)C)C(=O)OC. The summed E-state index contributed by atoms with van der Waals surface area (Å²) in [6, 6.07) is 4.95. The first-order valence-corrected chi connectivity index (χ1v) is 21.6. The Morgan fingerprint density at radius 2 is 1.77 bits per heavy atom. The Bertz CT molecular complexity index is 2120. The molecule has 2 aromatic heterocycles. The van der Waals surface area contributed by atoms with E-state index in [1.807, 2.05) is 27.7 Å². The summed E-state index contributed by atoms with van der Waals surface area (Å²) in [4.78, 5) is 66.9. The van der Waals surface area contributed by atoms with E-state index in [4.69, 9.17) is 44.7 Å². The Balaban J connectivity index is 1.10. The standard InChI is InChI=1S/C44H56ClN5O10/c1-7-25-20-44(25,41(54)56-6)49-39(52)33-17-28(21-50(33)40(53)30(43(2,3)4)18-36(51)60-27-15-23-14-24(23)16-27)59-35-19-31(32-22-58-42(48-32)46-26-8-9-26)47-38-29(35)10-11-34(37(38)45)57-13-12-55-5/h10-11,19,22-28,30,33H,7-9,12-18,20-21H2,1-6H3,(H,46,48)(H,49,52)/t23-,24+,25-,27+,28-,30-,33+,44-/m1/s1. The summed E-state index contributed by atoms with van der Waals surface area (Å²) in [6.07, 6.45) is 6.76. The molecule has 3 aromatic rings. The maximum Gasteiger partial charge on any atom is 0.331 e. The molecule has 2 amide bonds. The number of benzene rings is 1. The van der Waals surface area contributed by atoms with E-state index in [2.05, 4.69) is 15.6 Å². The van der Waals surface area contributed by atoms with Crippen molar-refractivity contribution in [2.45, 2.75) is 115 Å². The number of rotatable bonds is 17. The van der Waals surface area contributed by atoms with Gasteiger partial charge in [-0.25, -0.2) is 9.78 Å². The van der Waals surface area contributed by atoms with Crippen molar-refractivity contribution in [2.75, 3.05) is 39.3 Å². The van der Waals surface area contributed by atoms with Gasteiger partial charge in [-0.3, -0.25) is 14.4 Å². The van der Waals surface area contributed by atoms with Crippen molar-refractivity contribution >= 4 is 52.3 Å². The number of halogens is 1. The highest BCUT2D eigenvalue weighted by molar-refractivity contribution is 6.36. The predicted molar refractivity (Wildman–Crippen MR) is 220 cm³/mol. The lowest BCUT2D eigenvalue weighted by Crippen LogP contribution is -2.55. The minimum absolute atomic E-state index is 0.0253. The molecular weight excluding hydrogens is 794 g/mol. The molecule has 0 unspecified atom stereocenters. The number of likely N-dealkylation sites (tertiary alicyclic amines) is 1. The average Bonchev–Trinajstić information content (AvgIpc) is 4.16. The number of hydrogen-bond donors (Lipinski definition) is 2. The molecule has 5 aliphatic rings. The Morgan fingerprint density at radius 3 is 2.43 bits per heavy atom. The molecule has 8 atom stereocenters. The van der Waals surface area contributed by atoms with Gasteiger partial charge in [-0.15, -0.1) is 0 Å². The summed E-state index contributed by atoms with van der Waals surface area (Å²) in [5, 5.41) is 7.08. The van der Waals surface area contributed by atoms with E-state index in [0.29, 0.717) is 77.1 Å². The van der Waals surface area contributed by atoms with Crippen molar-refractivity contribution in [1.82, 2.24) is 20.2 Å². The molecule has 60 heavy (non-hydrogen) atoms. The van der Waals surface area contributed by atoms with Gasteiger partial charge in [0, 0.05) is 31.0 Å². The summed E-state index contributed by atoms with van der Waals surface area (Å²) in [5.41, 5.74) is -0.573. The van der Waals surface area contributed by atoms with Gasteiger partial charge in [0.05, 0.1) is 43.8 Å². The molecule has 3 heterocycles. The second kappa shape index (κ2) is 16.7. The van der Waals surface area contributed by atoms with Crippen LogP contribution in [0.4, 0.5) is 6.01 Å². The minimum Gasteiger partial charge on any atom is -0.490 e. The van der Waals surface area contributed by atoms with Crippen LogP contribution in [0.15, 0.2) is 28.9 Å². The van der Waals surface area contributed by atoms with Crippen LogP contribution < -0.4 is 20.1 Å². The molecule has 4 saturated carbocycles. The number of carbonyl (C=O) groups excluding carboxylic acids is 4. The van der Waals surface area contributed by atoms with Crippen LogP contribution in [-0.4, -0.2) is 102 Å². The number of anilines is 1. The monoisotopic (exact) mass is 849 g/mol. The van der Waals surface area contributed by atoms with Gasteiger partial charge >= 0.3 is 11.9 Å². The highest BCUT2D eigenvalue weighted by Gasteiger charge is 2.62. The fraction of sp³-hybridized carbons (Fsp3) is 0.636. The third-order valence-corrected chi connectivity index (χ3v) is 13.3. The molecule has 15 nitrogen and oxygen atoms in total. The summed E-state index contributed by atoms with van der Waals surface area (Å²) >= 11 is 6.97. The fourth-order valence-corrected chi connectivity index (χ4v) is 9.34. The van der Waals surface area contributed by atoms with Crippen molar-refractivity contribution in [2.24, 2.45) is 29.1 Å². The van der Waals surface area contributed by atoms with Crippen molar-refractivity contribution in [3.8, 4) is 22.9 Å². The summed E-state index contributed by atoms with van der Waals surface area (Å²) < 4.78 is 34.6. The van der Waals surface area contributed by atoms with Gasteiger partial charge in [-0.2, -0.15) is 4.98 Å². The first kappa shape index (κ1) is 42.1. The predicted octanol–water partition coefficient (Wildman–Crippen LogP) is 6.34. The number of aromatic nitrogens is 2. The van der Waals surface area contributed by atoms with Crippen LogP contribution in [0, 0.1) is 29.1 Å². The van der Waals surface area contributed by atoms with Crippen LogP contribution in [0.1, 0.15) is 85.5 Å². The number of methoxy groups -OCH3 is 2. The molecule has 0 spiro atoms. The Hall–Kier alpha value is -4.63. The number of nitrogens with zero attached hydrogens (tertiary/aromatic N) is 3. The molecule has 5 fully saturated rings. The number of amides is 2. The molecule has 8 rings (SSSR count). The number of fused-ring (bicyclic) bond motifs is 2. The molecule has 0 radical (unpaired) electrons. The number of pyridine rings is 1. The van der Waals surface area contributed by atoms with Crippen LogP contribution in [0.25, 0.3) is 22.3 Å². The van der Waals surface area contributed by atoms with Crippen LogP contribution >= 0.6 is 11.6 Å². The van der Waals surface area contributed by atoms with E-state index < -0.39 is 46.9 Å². The Labute approximate surface area is 354 Å². The van der Waals surface area contributed by atoms with Crippen LogP contribution in [0.5, 0.6) is 11.5 Å². The molecule has 1 aliphatic heterocycles. The molecule has 1 saturated heterocycles.